The minimum Gasteiger partial charge on any atom is -0.490 e. The number of ether oxygens (including phenoxy) is 4. The first-order valence-corrected chi connectivity index (χ1v) is 13.1. The summed E-state index contributed by atoms with van der Waals surface area (Å²) in [6, 6.07) is 6.28. The standard InChI is InChI=1S/C28H34BFN2O6/c1-5-7-12-36-25-21(27(34)35-6-2)26(33)32(15-20-16-37-28(3,4)38-20)24-22(29)18(14-31-23(24)25)13-17-8-10-19(30)11-9-17/h8-11,14,20H,5-7,12-13,15-16,29H2,1-4H3/t20-/m1/s1. The Hall–Kier alpha value is -3.24. The van der Waals surface area contributed by atoms with Gasteiger partial charge in [-0.2, -0.15) is 0 Å². The van der Waals surface area contributed by atoms with Gasteiger partial charge in [-0.1, -0.05) is 30.9 Å². The van der Waals surface area contributed by atoms with Gasteiger partial charge in [0.2, 0.25) is 0 Å². The third kappa shape index (κ3) is 5.91. The molecule has 0 N–H and O–H groups in total. The third-order valence-corrected chi connectivity index (χ3v) is 6.57. The van der Waals surface area contributed by atoms with E-state index in [0.717, 1.165) is 29.4 Å². The number of unbranched alkanes of at least 4 members (excludes halogenated alkanes) is 1. The molecule has 0 unspecified atom stereocenters. The van der Waals surface area contributed by atoms with Crippen molar-refractivity contribution in [1.29, 1.82) is 0 Å². The van der Waals surface area contributed by atoms with Gasteiger partial charge in [0.15, 0.2) is 17.1 Å². The first-order valence-electron chi connectivity index (χ1n) is 13.1. The predicted octanol–water partition coefficient (Wildman–Crippen LogP) is 2.89. The Balaban J connectivity index is 1.92. The molecule has 1 fully saturated rings. The summed E-state index contributed by atoms with van der Waals surface area (Å²) in [5, 5.41) is 0. The fourth-order valence-corrected chi connectivity index (χ4v) is 4.65. The van der Waals surface area contributed by atoms with Crippen LogP contribution in [0.25, 0.3) is 11.0 Å². The molecule has 0 amide bonds. The molecule has 1 aliphatic heterocycles. The summed E-state index contributed by atoms with van der Waals surface area (Å²) in [4.78, 5) is 31.7. The van der Waals surface area contributed by atoms with Crippen molar-refractivity contribution in [1.82, 2.24) is 9.55 Å². The fourth-order valence-electron chi connectivity index (χ4n) is 4.65. The molecule has 1 saturated heterocycles. The second-order valence-corrected chi connectivity index (χ2v) is 9.90. The average molecular weight is 524 g/mol. The van der Waals surface area contributed by atoms with Gasteiger partial charge in [0, 0.05) is 6.20 Å². The summed E-state index contributed by atoms with van der Waals surface area (Å²) < 4.78 is 38.0. The molecule has 1 aliphatic rings. The molecule has 1 aromatic carbocycles. The molecule has 0 aliphatic carbocycles. The Labute approximate surface area is 222 Å². The lowest BCUT2D eigenvalue weighted by atomic mass is 9.86. The molecule has 4 rings (SSSR count). The molecule has 10 heteroatoms. The first kappa shape index (κ1) is 27.8. The van der Waals surface area contributed by atoms with Gasteiger partial charge in [0.1, 0.15) is 25.3 Å². The molecule has 0 bridgehead atoms. The van der Waals surface area contributed by atoms with E-state index in [2.05, 4.69) is 0 Å². The van der Waals surface area contributed by atoms with Gasteiger partial charge in [-0.05, 0) is 56.9 Å². The lowest BCUT2D eigenvalue weighted by Crippen LogP contribution is -2.36. The molecule has 3 aromatic rings. The van der Waals surface area contributed by atoms with E-state index in [1.807, 2.05) is 28.6 Å². The molecule has 0 radical (unpaired) electrons. The lowest BCUT2D eigenvalue weighted by molar-refractivity contribution is -0.139. The molecule has 0 spiro atoms. The van der Waals surface area contributed by atoms with Gasteiger partial charge >= 0.3 is 5.97 Å². The number of benzene rings is 1. The van der Waals surface area contributed by atoms with Crippen LogP contribution in [0.2, 0.25) is 0 Å². The van der Waals surface area contributed by atoms with Crippen LogP contribution in [-0.2, 0) is 27.2 Å². The molecule has 2 aromatic heterocycles. The zero-order valence-corrected chi connectivity index (χ0v) is 22.6. The zero-order valence-electron chi connectivity index (χ0n) is 22.6. The van der Waals surface area contributed by atoms with Crippen molar-refractivity contribution < 1.29 is 28.1 Å². The molecule has 202 valence electrons. The monoisotopic (exact) mass is 524 g/mol. The summed E-state index contributed by atoms with van der Waals surface area (Å²) in [6.07, 6.45) is 3.43. The number of hydrogen-bond acceptors (Lipinski definition) is 7. The number of pyridine rings is 2. The van der Waals surface area contributed by atoms with Crippen LogP contribution in [0.3, 0.4) is 0 Å². The van der Waals surface area contributed by atoms with Crippen LogP contribution in [-0.4, -0.2) is 55.1 Å². The van der Waals surface area contributed by atoms with Gasteiger partial charge in [-0.25, -0.2) is 9.18 Å². The van der Waals surface area contributed by atoms with Gasteiger partial charge in [-0.15, -0.1) is 0 Å². The topological polar surface area (TPSA) is 88.9 Å². The number of esters is 1. The van der Waals surface area contributed by atoms with Crippen LogP contribution < -0.4 is 15.8 Å². The van der Waals surface area contributed by atoms with E-state index in [1.54, 1.807) is 25.3 Å². The largest absolute Gasteiger partial charge is 0.490 e. The molecular formula is C28H34BFN2O6. The first-order chi connectivity index (χ1) is 18.1. The quantitative estimate of drug-likeness (QED) is 0.229. The average Bonchev–Trinajstić information content (AvgIpc) is 3.22. The summed E-state index contributed by atoms with van der Waals surface area (Å²) >= 11 is 0. The Bertz CT molecular complexity index is 1370. The maximum atomic E-state index is 14.0. The third-order valence-electron chi connectivity index (χ3n) is 6.57. The molecule has 1 atom stereocenters. The predicted molar refractivity (Wildman–Crippen MR) is 145 cm³/mol. The maximum absolute atomic E-state index is 14.0. The maximum Gasteiger partial charge on any atom is 0.347 e. The van der Waals surface area contributed by atoms with Crippen molar-refractivity contribution in [3.05, 3.63) is 63.3 Å². The highest BCUT2D eigenvalue weighted by molar-refractivity contribution is 6.39. The normalized spacial score (nSPS) is 16.6. The van der Waals surface area contributed by atoms with E-state index < -0.39 is 23.4 Å². The summed E-state index contributed by atoms with van der Waals surface area (Å²) in [7, 11) is 1.91. The van der Waals surface area contributed by atoms with E-state index in [0.29, 0.717) is 30.7 Å². The second kappa shape index (κ2) is 11.7. The van der Waals surface area contributed by atoms with Crippen molar-refractivity contribution in [3.8, 4) is 5.75 Å². The SMILES string of the molecule is Bc1c(Cc2ccc(F)cc2)cnc2c(OCCCC)c(C(=O)OCC)c(=O)n(C[C@@H]3COC(C)(C)O3)c12. The number of aromatic nitrogens is 2. The van der Waals surface area contributed by atoms with Gasteiger partial charge < -0.3 is 23.5 Å². The highest BCUT2D eigenvalue weighted by Crippen LogP contribution is 2.29. The van der Waals surface area contributed by atoms with Crippen LogP contribution in [0.4, 0.5) is 4.39 Å². The Morgan fingerprint density at radius 3 is 2.63 bits per heavy atom. The summed E-state index contributed by atoms with van der Waals surface area (Å²) in [5.41, 5.74) is 2.84. The molecule has 3 heterocycles. The number of halogens is 1. The minimum absolute atomic E-state index is 0.113. The van der Waals surface area contributed by atoms with Crippen molar-refractivity contribution in [2.45, 2.75) is 65.4 Å². The summed E-state index contributed by atoms with van der Waals surface area (Å²) in [6.45, 7) is 8.24. The fraction of sp³-hybridized carbons (Fsp3) is 0.464. The number of fused-ring (bicyclic) bond motifs is 1. The highest BCUT2D eigenvalue weighted by Gasteiger charge is 2.35. The molecule has 0 saturated carbocycles. The van der Waals surface area contributed by atoms with Gasteiger partial charge in [0.05, 0.1) is 31.9 Å². The number of carbonyl (C=O) groups is 1. The van der Waals surface area contributed by atoms with Crippen molar-refractivity contribution in [2.75, 3.05) is 19.8 Å². The van der Waals surface area contributed by atoms with Crippen LogP contribution in [0.15, 0.2) is 35.3 Å². The van der Waals surface area contributed by atoms with E-state index in [9.17, 15) is 14.0 Å². The number of hydrogen-bond donors (Lipinski definition) is 0. The van der Waals surface area contributed by atoms with E-state index in [4.69, 9.17) is 23.9 Å². The van der Waals surface area contributed by atoms with Crippen LogP contribution >= 0.6 is 0 Å². The van der Waals surface area contributed by atoms with Crippen LogP contribution in [0.1, 0.15) is 62.0 Å². The molecule has 38 heavy (non-hydrogen) atoms. The molecule has 8 nitrogen and oxygen atoms in total. The van der Waals surface area contributed by atoms with Crippen molar-refractivity contribution in [2.24, 2.45) is 0 Å². The summed E-state index contributed by atoms with van der Waals surface area (Å²) in [5.74, 6) is -1.71. The smallest absolute Gasteiger partial charge is 0.347 e. The Kier molecular flexibility index (Phi) is 8.52. The van der Waals surface area contributed by atoms with Crippen LogP contribution in [0.5, 0.6) is 5.75 Å². The Morgan fingerprint density at radius 2 is 2.00 bits per heavy atom. The molecular weight excluding hydrogens is 490 g/mol. The number of rotatable bonds is 10. The lowest BCUT2D eigenvalue weighted by Gasteiger charge is -2.22. The highest BCUT2D eigenvalue weighted by atomic mass is 19.1. The van der Waals surface area contributed by atoms with E-state index in [-0.39, 0.29) is 30.3 Å². The zero-order chi connectivity index (χ0) is 27.4. The van der Waals surface area contributed by atoms with Crippen LogP contribution in [0, 0.1) is 5.82 Å². The van der Waals surface area contributed by atoms with E-state index in [1.165, 1.54) is 16.7 Å². The second-order valence-electron chi connectivity index (χ2n) is 9.90. The van der Waals surface area contributed by atoms with E-state index >= 15 is 0 Å². The Morgan fingerprint density at radius 1 is 1.26 bits per heavy atom. The van der Waals surface area contributed by atoms with Crippen molar-refractivity contribution >= 4 is 30.3 Å². The van der Waals surface area contributed by atoms with Gasteiger partial charge in [-0.3, -0.25) is 9.78 Å². The van der Waals surface area contributed by atoms with Gasteiger partial charge in [0.25, 0.3) is 5.56 Å². The number of nitrogens with zero attached hydrogens (tertiary/aromatic N) is 2. The minimum atomic E-state index is -0.779. The van der Waals surface area contributed by atoms with Crippen molar-refractivity contribution in [3.63, 3.8) is 0 Å². The number of carbonyl (C=O) groups excluding carboxylic acids is 1.